The van der Waals surface area contributed by atoms with E-state index in [9.17, 15) is 0 Å². The molecule has 25 heavy (non-hydrogen) atoms. The normalized spacial score (nSPS) is 15.4. The number of hydrogen-bond donors (Lipinski definition) is 1. The SMILES string of the molecule is c1ccc(-c2ncc(CCN3CCN(c4ncccn4)CC3)[nH]2)cc1. The maximum Gasteiger partial charge on any atom is 0.225 e. The third-order valence-electron chi connectivity index (χ3n) is 4.58. The Labute approximate surface area is 147 Å². The van der Waals surface area contributed by atoms with Crippen molar-refractivity contribution in [3.05, 3.63) is 60.7 Å². The van der Waals surface area contributed by atoms with Gasteiger partial charge in [0.1, 0.15) is 5.82 Å². The molecule has 1 aliphatic heterocycles. The van der Waals surface area contributed by atoms with Gasteiger partial charge in [0, 0.05) is 69.0 Å². The van der Waals surface area contributed by atoms with Crippen LogP contribution in [-0.2, 0) is 6.42 Å². The molecule has 0 radical (unpaired) electrons. The van der Waals surface area contributed by atoms with Crippen molar-refractivity contribution < 1.29 is 0 Å². The van der Waals surface area contributed by atoms with Crippen molar-refractivity contribution >= 4 is 5.95 Å². The molecule has 4 rings (SSSR count). The van der Waals surface area contributed by atoms with Crippen LogP contribution in [0, 0.1) is 0 Å². The topological polar surface area (TPSA) is 60.9 Å². The molecule has 0 atom stereocenters. The quantitative estimate of drug-likeness (QED) is 0.775. The number of hydrogen-bond acceptors (Lipinski definition) is 5. The van der Waals surface area contributed by atoms with E-state index in [1.807, 2.05) is 30.5 Å². The van der Waals surface area contributed by atoms with Crippen LogP contribution in [0.1, 0.15) is 5.69 Å². The summed E-state index contributed by atoms with van der Waals surface area (Å²) in [7, 11) is 0. The Balaban J connectivity index is 1.28. The smallest absolute Gasteiger partial charge is 0.225 e. The minimum atomic E-state index is 0.836. The summed E-state index contributed by atoms with van der Waals surface area (Å²) in [4.78, 5) is 21.3. The lowest BCUT2D eigenvalue weighted by Gasteiger charge is -2.34. The summed E-state index contributed by atoms with van der Waals surface area (Å²) in [5.41, 5.74) is 2.32. The zero-order valence-corrected chi connectivity index (χ0v) is 14.2. The van der Waals surface area contributed by atoms with E-state index in [2.05, 4.69) is 41.9 Å². The molecule has 1 N–H and O–H groups in total. The van der Waals surface area contributed by atoms with Crippen molar-refractivity contribution in [2.24, 2.45) is 0 Å². The first kappa shape index (κ1) is 15.8. The minimum Gasteiger partial charge on any atom is -0.342 e. The van der Waals surface area contributed by atoms with Gasteiger partial charge in [-0.05, 0) is 6.07 Å². The minimum absolute atomic E-state index is 0.836. The molecule has 1 fully saturated rings. The number of benzene rings is 1. The summed E-state index contributed by atoms with van der Waals surface area (Å²) in [5, 5.41) is 0. The monoisotopic (exact) mass is 334 g/mol. The van der Waals surface area contributed by atoms with E-state index < -0.39 is 0 Å². The fourth-order valence-corrected chi connectivity index (χ4v) is 3.13. The molecule has 1 aliphatic rings. The van der Waals surface area contributed by atoms with E-state index in [4.69, 9.17) is 0 Å². The predicted octanol–water partition coefficient (Wildman–Crippen LogP) is 2.23. The van der Waals surface area contributed by atoms with Crippen molar-refractivity contribution in [3.63, 3.8) is 0 Å². The Morgan fingerprint density at radius 2 is 1.64 bits per heavy atom. The summed E-state index contributed by atoms with van der Waals surface area (Å²) < 4.78 is 0. The third-order valence-corrected chi connectivity index (χ3v) is 4.58. The van der Waals surface area contributed by atoms with Crippen molar-refractivity contribution in [1.82, 2.24) is 24.8 Å². The molecule has 0 aliphatic carbocycles. The maximum absolute atomic E-state index is 4.50. The van der Waals surface area contributed by atoms with Crippen molar-refractivity contribution in [1.29, 1.82) is 0 Å². The van der Waals surface area contributed by atoms with Crippen LogP contribution in [0.2, 0.25) is 0 Å². The second-order valence-electron chi connectivity index (χ2n) is 6.25. The highest BCUT2D eigenvalue weighted by Crippen LogP contribution is 2.15. The number of imidazole rings is 1. The van der Waals surface area contributed by atoms with Crippen LogP contribution in [0.4, 0.5) is 5.95 Å². The first-order chi connectivity index (χ1) is 12.4. The molecule has 2 aromatic heterocycles. The number of aromatic nitrogens is 4. The molecule has 0 spiro atoms. The zero-order chi connectivity index (χ0) is 16.9. The number of anilines is 1. The van der Waals surface area contributed by atoms with Crippen LogP contribution >= 0.6 is 0 Å². The zero-order valence-electron chi connectivity index (χ0n) is 14.2. The van der Waals surface area contributed by atoms with E-state index in [1.165, 1.54) is 5.69 Å². The van der Waals surface area contributed by atoms with Crippen LogP contribution in [0.15, 0.2) is 55.0 Å². The van der Waals surface area contributed by atoms with Gasteiger partial charge in [0.25, 0.3) is 0 Å². The summed E-state index contributed by atoms with van der Waals surface area (Å²) in [6, 6.07) is 12.1. The average Bonchev–Trinajstić information content (AvgIpc) is 3.17. The Bertz CT molecular complexity index is 778. The molecule has 1 saturated heterocycles. The van der Waals surface area contributed by atoms with Crippen molar-refractivity contribution in [2.45, 2.75) is 6.42 Å². The second kappa shape index (κ2) is 7.44. The summed E-state index contributed by atoms with van der Waals surface area (Å²) in [5.74, 6) is 1.78. The fourth-order valence-electron chi connectivity index (χ4n) is 3.13. The molecule has 0 amide bonds. The largest absolute Gasteiger partial charge is 0.342 e. The Hall–Kier alpha value is -2.73. The lowest BCUT2D eigenvalue weighted by Crippen LogP contribution is -2.47. The molecule has 6 heteroatoms. The van der Waals surface area contributed by atoms with Gasteiger partial charge in [-0.2, -0.15) is 0 Å². The van der Waals surface area contributed by atoms with Crippen molar-refractivity contribution in [2.75, 3.05) is 37.6 Å². The Morgan fingerprint density at radius 1 is 0.880 bits per heavy atom. The van der Waals surface area contributed by atoms with Gasteiger partial charge in [-0.3, -0.25) is 4.90 Å². The average molecular weight is 334 g/mol. The highest BCUT2D eigenvalue weighted by Gasteiger charge is 2.18. The predicted molar refractivity (Wildman–Crippen MR) is 98.4 cm³/mol. The van der Waals surface area contributed by atoms with Gasteiger partial charge in [-0.15, -0.1) is 0 Å². The van der Waals surface area contributed by atoms with Crippen LogP contribution in [-0.4, -0.2) is 57.6 Å². The van der Waals surface area contributed by atoms with Gasteiger partial charge >= 0.3 is 0 Å². The van der Waals surface area contributed by atoms with Crippen LogP contribution in [0.5, 0.6) is 0 Å². The molecular weight excluding hydrogens is 312 g/mol. The van der Waals surface area contributed by atoms with E-state index in [1.54, 1.807) is 12.4 Å². The van der Waals surface area contributed by atoms with Gasteiger partial charge in [0.05, 0.1) is 0 Å². The van der Waals surface area contributed by atoms with Crippen LogP contribution in [0.25, 0.3) is 11.4 Å². The number of H-pyrrole nitrogens is 1. The molecule has 0 bridgehead atoms. The van der Waals surface area contributed by atoms with E-state index in [0.717, 1.165) is 56.5 Å². The molecule has 3 aromatic rings. The maximum atomic E-state index is 4.50. The van der Waals surface area contributed by atoms with E-state index >= 15 is 0 Å². The highest BCUT2D eigenvalue weighted by molar-refractivity contribution is 5.54. The number of piperazine rings is 1. The Kier molecular flexibility index (Phi) is 4.70. The van der Waals surface area contributed by atoms with Gasteiger partial charge in [-0.25, -0.2) is 15.0 Å². The summed E-state index contributed by atoms with van der Waals surface area (Å²) in [6.07, 6.45) is 6.55. The lowest BCUT2D eigenvalue weighted by molar-refractivity contribution is 0.259. The summed E-state index contributed by atoms with van der Waals surface area (Å²) in [6.45, 7) is 5.07. The number of nitrogens with zero attached hydrogens (tertiary/aromatic N) is 5. The number of rotatable bonds is 5. The second-order valence-corrected chi connectivity index (χ2v) is 6.25. The molecule has 0 saturated carbocycles. The van der Waals surface area contributed by atoms with Gasteiger partial charge < -0.3 is 9.88 Å². The molecular formula is C19H22N6. The summed E-state index contributed by atoms with van der Waals surface area (Å²) >= 11 is 0. The standard InChI is InChI=1S/C19H22N6/c1-2-5-16(6-3-1)18-22-15-17(23-18)7-10-24-11-13-25(14-12-24)19-20-8-4-9-21-19/h1-6,8-9,15H,7,10-14H2,(H,22,23). The van der Waals surface area contributed by atoms with Crippen LogP contribution < -0.4 is 4.90 Å². The van der Waals surface area contributed by atoms with E-state index in [0.29, 0.717) is 0 Å². The van der Waals surface area contributed by atoms with E-state index in [-0.39, 0.29) is 0 Å². The van der Waals surface area contributed by atoms with Crippen molar-refractivity contribution in [3.8, 4) is 11.4 Å². The van der Waals surface area contributed by atoms with Gasteiger partial charge in [-0.1, -0.05) is 30.3 Å². The highest BCUT2D eigenvalue weighted by atomic mass is 15.3. The lowest BCUT2D eigenvalue weighted by atomic mass is 10.2. The van der Waals surface area contributed by atoms with Crippen LogP contribution in [0.3, 0.4) is 0 Å². The molecule has 0 unspecified atom stereocenters. The fraction of sp³-hybridized carbons (Fsp3) is 0.316. The first-order valence-corrected chi connectivity index (χ1v) is 8.72. The van der Waals surface area contributed by atoms with Gasteiger partial charge in [0.15, 0.2) is 0 Å². The first-order valence-electron chi connectivity index (χ1n) is 8.72. The molecule has 1 aromatic carbocycles. The molecule has 128 valence electrons. The molecule has 3 heterocycles. The number of nitrogens with one attached hydrogen (secondary N) is 1. The number of aromatic amines is 1. The Morgan fingerprint density at radius 3 is 2.40 bits per heavy atom. The molecule has 6 nitrogen and oxygen atoms in total. The van der Waals surface area contributed by atoms with Gasteiger partial charge in [0.2, 0.25) is 5.95 Å². The third kappa shape index (κ3) is 3.85.